The maximum atomic E-state index is 12.9. The summed E-state index contributed by atoms with van der Waals surface area (Å²) in [6.07, 6.45) is 0. The SMILES string of the molecule is Cc1nc2sc(C(=O)Nc3ccc(F)cc3)c(N)c2c(C)c1C. The molecule has 118 valence electrons. The van der Waals surface area contributed by atoms with Crippen molar-refractivity contribution in [2.75, 3.05) is 11.1 Å². The van der Waals surface area contributed by atoms with Crippen LogP contribution in [-0.4, -0.2) is 10.9 Å². The van der Waals surface area contributed by atoms with Gasteiger partial charge in [0.25, 0.3) is 5.91 Å². The van der Waals surface area contributed by atoms with Crippen molar-refractivity contribution in [3.63, 3.8) is 0 Å². The van der Waals surface area contributed by atoms with E-state index in [1.807, 2.05) is 20.8 Å². The molecule has 4 nitrogen and oxygen atoms in total. The van der Waals surface area contributed by atoms with Gasteiger partial charge in [-0.3, -0.25) is 4.79 Å². The second-order valence-electron chi connectivity index (χ2n) is 5.43. The van der Waals surface area contributed by atoms with Gasteiger partial charge in [0.2, 0.25) is 0 Å². The lowest BCUT2D eigenvalue weighted by atomic mass is 10.1. The molecule has 0 radical (unpaired) electrons. The van der Waals surface area contributed by atoms with Gasteiger partial charge in [0, 0.05) is 16.8 Å². The lowest BCUT2D eigenvalue weighted by Crippen LogP contribution is -2.11. The molecule has 0 saturated heterocycles. The number of pyridine rings is 1. The maximum absolute atomic E-state index is 12.9. The molecule has 0 unspecified atom stereocenters. The number of hydrogen-bond acceptors (Lipinski definition) is 4. The van der Waals surface area contributed by atoms with E-state index in [1.165, 1.54) is 35.6 Å². The summed E-state index contributed by atoms with van der Waals surface area (Å²) < 4.78 is 12.9. The van der Waals surface area contributed by atoms with E-state index in [0.29, 0.717) is 16.3 Å². The Hall–Kier alpha value is -2.47. The van der Waals surface area contributed by atoms with Crippen LogP contribution in [0.3, 0.4) is 0 Å². The van der Waals surface area contributed by atoms with Gasteiger partial charge in [0.1, 0.15) is 15.5 Å². The van der Waals surface area contributed by atoms with Crippen LogP contribution < -0.4 is 11.1 Å². The number of thiophene rings is 1. The number of rotatable bonds is 2. The monoisotopic (exact) mass is 329 g/mol. The third-order valence-electron chi connectivity index (χ3n) is 3.98. The van der Waals surface area contributed by atoms with E-state index in [-0.39, 0.29) is 11.7 Å². The second kappa shape index (κ2) is 5.62. The van der Waals surface area contributed by atoms with Crippen LogP contribution in [0.15, 0.2) is 24.3 Å². The minimum atomic E-state index is -0.352. The molecule has 0 aliphatic rings. The lowest BCUT2D eigenvalue weighted by Gasteiger charge is -2.06. The molecule has 3 rings (SSSR count). The summed E-state index contributed by atoms with van der Waals surface area (Å²) in [6, 6.07) is 5.60. The maximum Gasteiger partial charge on any atom is 0.267 e. The van der Waals surface area contributed by atoms with E-state index in [2.05, 4.69) is 10.3 Å². The number of halogens is 1. The van der Waals surface area contributed by atoms with Gasteiger partial charge in [-0.15, -0.1) is 11.3 Å². The zero-order valence-electron chi connectivity index (χ0n) is 13.0. The molecule has 0 aliphatic heterocycles. The number of aryl methyl sites for hydroxylation is 2. The number of nitrogens with two attached hydrogens (primary N) is 1. The Labute approximate surface area is 137 Å². The van der Waals surface area contributed by atoms with Gasteiger partial charge in [-0.25, -0.2) is 9.37 Å². The van der Waals surface area contributed by atoms with Crippen LogP contribution in [0.4, 0.5) is 15.8 Å². The second-order valence-corrected chi connectivity index (χ2v) is 6.43. The first-order valence-corrected chi connectivity index (χ1v) is 7.93. The summed E-state index contributed by atoms with van der Waals surface area (Å²) in [6.45, 7) is 5.92. The molecule has 0 fully saturated rings. The molecule has 3 N–H and O–H groups in total. The molecule has 2 heterocycles. The highest BCUT2D eigenvalue weighted by atomic mass is 32.1. The van der Waals surface area contributed by atoms with Gasteiger partial charge >= 0.3 is 0 Å². The Morgan fingerprint density at radius 1 is 1.17 bits per heavy atom. The number of hydrogen-bond donors (Lipinski definition) is 2. The number of amides is 1. The van der Waals surface area contributed by atoms with Crippen LogP contribution in [-0.2, 0) is 0 Å². The van der Waals surface area contributed by atoms with Gasteiger partial charge in [-0.2, -0.15) is 0 Å². The molecule has 0 atom stereocenters. The van der Waals surface area contributed by atoms with Crippen LogP contribution in [0.25, 0.3) is 10.2 Å². The largest absolute Gasteiger partial charge is 0.397 e. The Kier molecular flexibility index (Phi) is 3.77. The number of carbonyl (C=O) groups is 1. The Morgan fingerprint density at radius 3 is 2.48 bits per heavy atom. The zero-order valence-corrected chi connectivity index (χ0v) is 13.8. The molecule has 0 bridgehead atoms. The number of aromatic nitrogens is 1. The Bertz CT molecular complexity index is 916. The fourth-order valence-electron chi connectivity index (χ4n) is 2.46. The molecule has 1 amide bonds. The van der Waals surface area contributed by atoms with Crippen molar-refractivity contribution in [2.24, 2.45) is 0 Å². The Morgan fingerprint density at radius 2 is 1.83 bits per heavy atom. The summed E-state index contributed by atoms with van der Waals surface area (Å²) in [5.41, 5.74) is 10.2. The highest BCUT2D eigenvalue weighted by molar-refractivity contribution is 7.21. The van der Waals surface area contributed by atoms with Crippen LogP contribution in [0.5, 0.6) is 0 Å². The minimum Gasteiger partial charge on any atom is -0.397 e. The summed E-state index contributed by atoms with van der Waals surface area (Å²) in [5.74, 6) is -0.665. The molecule has 23 heavy (non-hydrogen) atoms. The van der Waals surface area contributed by atoms with Crippen molar-refractivity contribution in [3.05, 3.63) is 51.8 Å². The fraction of sp³-hybridized carbons (Fsp3) is 0.176. The van der Waals surface area contributed by atoms with Crippen molar-refractivity contribution in [3.8, 4) is 0 Å². The van der Waals surface area contributed by atoms with E-state index in [1.54, 1.807) is 0 Å². The van der Waals surface area contributed by atoms with Crippen LogP contribution >= 0.6 is 11.3 Å². The predicted molar refractivity (Wildman–Crippen MR) is 92.6 cm³/mol. The number of fused-ring (bicyclic) bond motifs is 1. The third-order valence-corrected chi connectivity index (χ3v) is 5.08. The third kappa shape index (κ3) is 2.66. The van der Waals surface area contributed by atoms with E-state index >= 15 is 0 Å². The molecule has 3 aromatic rings. The molecular weight excluding hydrogens is 313 g/mol. The minimum absolute atomic E-state index is 0.313. The average Bonchev–Trinajstić information content (AvgIpc) is 2.84. The van der Waals surface area contributed by atoms with Crippen LogP contribution in [0, 0.1) is 26.6 Å². The van der Waals surface area contributed by atoms with Crippen LogP contribution in [0.2, 0.25) is 0 Å². The van der Waals surface area contributed by atoms with Crippen molar-refractivity contribution >= 4 is 38.8 Å². The molecular formula is C17H16FN3OS. The summed E-state index contributed by atoms with van der Waals surface area (Å²) in [5, 5.41) is 3.57. The van der Waals surface area contributed by atoms with Gasteiger partial charge in [0.05, 0.1) is 5.69 Å². The topological polar surface area (TPSA) is 68.0 Å². The average molecular weight is 329 g/mol. The number of benzene rings is 1. The normalized spacial score (nSPS) is 11.0. The number of carbonyl (C=O) groups excluding carboxylic acids is 1. The van der Waals surface area contributed by atoms with Gasteiger partial charge in [0.15, 0.2) is 0 Å². The van der Waals surface area contributed by atoms with E-state index < -0.39 is 0 Å². The lowest BCUT2D eigenvalue weighted by molar-refractivity contribution is 0.103. The highest BCUT2D eigenvalue weighted by Gasteiger charge is 2.20. The number of nitrogens with one attached hydrogen (secondary N) is 1. The quantitative estimate of drug-likeness (QED) is 0.740. The summed E-state index contributed by atoms with van der Waals surface area (Å²) in [7, 11) is 0. The van der Waals surface area contributed by atoms with Gasteiger partial charge < -0.3 is 11.1 Å². The first-order chi connectivity index (χ1) is 10.9. The van der Waals surface area contributed by atoms with Gasteiger partial charge in [-0.05, 0) is 56.2 Å². The summed E-state index contributed by atoms with van der Waals surface area (Å²) >= 11 is 1.27. The molecule has 2 aromatic heterocycles. The van der Waals surface area contributed by atoms with Crippen molar-refractivity contribution in [1.82, 2.24) is 4.98 Å². The molecule has 0 saturated carbocycles. The molecule has 0 aliphatic carbocycles. The zero-order chi connectivity index (χ0) is 16.7. The van der Waals surface area contributed by atoms with E-state index in [9.17, 15) is 9.18 Å². The van der Waals surface area contributed by atoms with E-state index in [4.69, 9.17) is 5.73 Å². The predicted octanol–water partition coefficient (Wildman–Crippen LogP) is 4.20. The number of nitrogen functional groups attached to an aromatic ring is 1. The van der Waals surface area contributed by atoms with Gasteiger partial charge in [-0.1, -0.05) is 0 Å². The summed E-state index contributed by atoms with van der Waals surface area (Å²) in [4.78, 5) is 18.2. The first-order valence-electron chi connectivity index (χ1n) is 7.11. The standard InChI is InChI=1S/C17H16FN3OS/c1-8-9(2)13-14(19)15(23-17(13)20-10(8)3)16(22)21-12-6-4-11(18)5-7-12/h4-7H,19H2,1-3H3,(H,21,22). The van der Waals surface area contributed by atoms with Crippen molar-refractivity contribution in [2.45, 2.75) is 20.8 Å². The number of anilines is 2. The molecule has 0 spiro atoms. The molecule has 6 heteroatoms. The van der Waals surface area contributed by atoms with Crippen molar-refractivity contribution < 1.29 is 9.18 Å². The highest BCUT2D eigenvalue weighted by Crippen LogP contribution is 2.36. The Balaban J connectivity index is 2.02. The van der Waals surface area contributed by atoms with Crippen molar-refractivity contribution in [1.29, 1.82) is 0 Å². The fourth-order valence-corrected chi connectivity index (χ4v) is 3.55. The smallest absolute Gasteiger partial charge is 0.267 e. The molecule has 1 aromatic carbocycles. The van der Waals surface area contributed by atoms with Crippen LogP contribution in [0.1, 0.15) is 26.5 Å². The first kappa shape index (κ1) is 15.4. The number of nitrogens with zero attached hydrogens (tertiary/aromatic N) is 1. The van der Waals surface area contributed by atoms with E-state index in [0.717, 1.165) is 27.0 Å².